The van der Waals surface area contributed by atoms with Crippen LogP contribution in [0.4, 0.5) is 16.6 Å². The number of rotatable bonds is 2. The smallest absolute Gasteiger partial charge is 0.207 e. The third-order valence-electron chi connectivity index (χ3n) is 1.56. The third-order valence-corrected chi connectivity index (χ3v) is 2.28. The summed E-state index contributed by atoms with van der Waals surface area (Å²) in [5, 5.41) is 3.85. The molecule has 0 aliphatic carbocycles. The van der Waals surface area contributed by atoms with Crippen LogP contribution in [0.3, 0.4) is 0 Å². The SMILES string of the molecule is Cc1nsc(Nc2ccnc(N)c2)n1. The molecular formula is C8H9N5S. The Morgan fingerprint density at radius 3 is 3.00 bits per heavy atom. The van der Waals surface area contributed by atoms with E-state index in [1.807, 2.05) is 13.0 Å². The van der Waals surface area contributed by atoms with Gasteiger partial charge in [-0.05, 0) is 13.0 Å². The van der Waals surface area contributed by atoms with Crippen molar-refractivity contribution >= 4 is 28.2 Å². The first-order valence-electron chi connectivity index (χ1n) is 4.03. The van der Waals surface area contributed by atoms with Gasteiger partial charge in [0.05, 0.1) is 0 Å². The van der Waals surface area contributed by atoms with Gasteiger partial charge in [-0.15, -0.1) is 0 Å². The minimum Gasteiger partial charge on any atom is -0.384 e. The number of anilines is 3. The molecule has 3 N–H and O–H groups in total. The standard InChI is InChI=1S/C8H9N5S/c1-5-11-8(14-13-5)12-6-2-3-10-7(9)4-6/h2-4H,1H3,(H3,9,10,11,12,13). The summed E-state index contributed by atoms with van der Waals surface area (Å²) in [4.78, 5) is 8.06. The molecule has 6 heteroatoms. The number of hydrogen-bond donors (Lipinski definition) is 2. The van der Waals surface area contributed by atoms with Crippen LogP contribution in [0.5, 0.6) is 0 Å². The van der Waals surface area contributed by atoms with Crippen molar-refractivity contribution in [2.45, 2.75) is 6.92 Å². The molecule has 2 heterocycles. The number of nitrogens with two attached hydrogens (primary N) is 1. The molecule has 72 valence electrons. The molecule has 0 radical (unpaired) electrons. The van der Waals surface area contributed by atoms with E-state index >= 15 is 0 Å². The van der Waals surface area contributed by atoms with E-state index in [2.05, 4.69) is 19.7 Å². The van der Waals surface area contributed by atoms with Gasteiger partial charge in [0, 0.05) is 29.5 Å². The largest absolute Gasteiger partial charge is 0.384 e. The Labute approximate surface area is 85.2 Å². The molecular weight excluding hydrogens is 198 g/mol. The van der Waals surface area contributed by atoms with Crippen LogP contribution in [0.15, 0.2) is 18.3 Å². The van der Waals surface area contributed by atoms with Gasteiger partial charge in [-0.25, -0.2) is 9.97 Å². The first-order chi connectivity index (χ1) is 6.74. The van der Waals surface area contributed by atoms with Gasteiger partial charge in [0.25, 0.3) is 0 Å². The Kier molecular flexibility index (Phi) is 2.28. The third kappa shape index (κ3) is 1.97. The molecule has 0 aromatic carbocycles. The highest BCUT2D eigenvalue weighted by Gasteiger charge is 2.00. The van der Waals surface area contributed by atoms with E-state index in [4.69, 9.17) is 5.73 Å². The van der Waals surface area contributed by atoms with Crippen molar-refractivity contribution in [3.8, 4) is 0 Å². The molecule has 0 aliphatic heterocycles. The number of nitrogens with one attached hydrogen (secondary N) is 1. The van der Waals surface area contributed by atoms with Gasteiger partial charge in [-0.1, -0.05) is 0 Å². The maximum Gasteiger partial charge on any atom is 0.207 e. The summed E-state index contributed by atoms with van der Waals surface area (Å²) in [5.41, 5.74) is 6.40. The van der Waals surface area contributed by atoms with Crippen LogP contribution in [0.25, 0.3) is 0 Å². The van der Waals surface area contributed by atoms with Crippen molar-refractivity contribution in [2.24, 2.45) is 0 Å². The molecule has 14 heavy (non-hydrogen) atoms. The Morgan fingerprint density at radius 2 is 2.36 bits per heavy atom. The second-order valence-electron chi connectivity index (χ2n) is 2.74. The van der Waals surface area contributed by atoms with E-state index in [1.54, 1.807) is 12.3 Å². The predicted octanol–water partition coefficient (Wildman–Crippen LogP) is 1.57. The van der Waals surface area contributed by atoms with E-state index in [9.17, 15) is 0 Å². The normalized spacial score (nSPS) is 10.1. The quantitative estimate of drug-likeness (QED) is 0.781. The lowest BCUT2D eigenvalue weighted by atomic mass is 10.4. The van der Waals surface area contributed by atoms with E-state index in [-0.39, 0.29) is 0 Å². The molecule has 0 saturated carbocycles. The van der Waals surface area contributed by atoms with Crippen molar-refractivity contribution < 1.29 is 0 Å². The topological polar surface area (TPSA) is 76.7 Å². The Hall–Kier alpha value is -1.69. The van der Waals surface area contributed by atoms with Crippen LogP contribution in [-0.2, 0) is 0 Å². The Morgan fingerprint density at radius 1 is 1.50 bits per heavy atom. The molecule has 0 amide bonds. The zero-order valence-corrected chi connectivity index (χ0v) is 8.38. The number of pyridine rings is 1. The lowest BCUT2D eigenvalue weighted by Crippen LogP contribution is -1.93. The minimum absolute atomic E-state index is 0.483. The van der Waals surface area contributed by atoms with Gasteiger partial charge < -0.3 is 11.1 Å². The maximum atomic E-state index is 5.53. The average molecular weight is 207 g/mol. The monoisotopic (exact) mass is 207 g/mol. The Bertz CT molecular complexity index is 439. The minimum atomic E-state index is 0.483. The molecule has 2 aromatic rings. The van der Waals surface area contributed by atoms with Gasteiger partial charge >= 0.3 is 0 Å². The van der Waals surface area contributed by atoms with Crippen LogP contribution >= 0.6 is 11.5 Å². The summed E-state index contributed by atoms with van der Waals surface area (Å²) in [6, 6.07) is 3.57. The van der Waals surface area contributed by atoms with Crippen molar-refractivity contribution in [1.29, 1.82) is 0 Å². The van der Waals surface area contributed by atoms with Gasteiger partial charge in [0.15, 0.2) is 0 Å². The second kappa shape index (κ2) is 3.59. The fourth-order valence-electron chi connectivity index (χ4n) is 0.997. The lowest BCUT2D eigenvalue weighted by molar-refractivity contribution is 1.17. The van der Waals surface area contributed by atoms with E-state index in [0.717, 1.165) is 16.6 Å². The van der Waals surface area contributed by atoms with E-state index in [0.29, 0.717) is 5.82 Å². The molecule has 0 spiro atoms. The highest BCUT2D eigenvalue weighted by atomic mass is 32.1. The fourth-order valence-corrected chi connectivity index (χ4v) is 1.59. The first kappa shape index (κ1) is 8.89. The van der Waals surface area contributed by atoms with Crippen LogP contribution < -0.4 is 11.1 Å². The van der Waals surface area contributed by atoms with E-state index in [1.165, 1.54) is 11.5 Å². The molecule has 5 nitrogen and oxygen atoms in total. The van der Waals surface area contributed by atoms with E-state index < -0.39 is 0 Å². The summed E-state index contributed by atoms with van der Waals surface area (Å²) in [5.74, 6) is 1.25. The molecule has 0 saturated heterocycles. The number of aromatic nitrogens is 3. The van der Waals surface area contributed by atoms with Crippen molar-refractivity contribution in [2.75, 3.05) is 11.1 Å². The van der Waals surface area contributed by atoms with Crippen LogP contribution in [0.1, 0.15) is 5.82 Å². The van der Waals surface area contributed by atoms with Crippen LogP contribution in [0, 0.1) is 6.92 Å². The van der Waals surface area contributed by atoms with Crippen LogP contribution in [0.2, 0.25) is 0 Å². The molecule has 2 rings (SSSR count). The number of nitrogen functional groups attached to an aromatic ring is 1. The average Bonchev–Trinajstić information content (AvgIpc) is 2.51. The molecule has 0 atom stereocenters. The summed E-state index contributed by atoms with van der Waals surface area (Å²) in [6.07, 6.45) is 1.64. The maximum absolute atomic E-state index is 5.53. The van der Waals surface area contributed by atoms with Crippen molar-refractivity contribution in [3.05, 3.63) is 24.2 Å². The first-order valence-corrected chi connectivity index (χ1v) is 4.80. The summed E-state index contributed by atoms with van der Waals surface area (Å²) >= 11 is 1.32. The van der Waals surface area contributed by atoms with Gasteiger partial charge in [-0.2, -0.15) is 4.37 Å². The molecule has 0 aliphatic rings. The highest BCUT2D eigenvalue weighted by molar-refractivity contribution is 7.09. The zero-order valence-electron chi connectivity index (χ0n) is 7.56. The molecule has 0 unspecified atom stereocenters. The number of nitrogens with zero attached hydrogens (tertiary/aromatic N) is 3. The molecule has 2 aromatic heterocycles. The fraction of sp³-hybridized carbons (Fsp3) is 0.125. The zero-order chi connectivity index (χ0) is 9.97. The second-order valence-corrected chi connectivity index (χ2v) is 3.49. The lowest BCUT2D eigenvalue weighted by Gasteiger charge is -2.01. The number of aryl methyl sites for hydroxylation is 1. The Balaban J connectivity index is 2.18. The number of hydrogen-bond acceptors (Lipinski definition) is 6. The van der Waals surface area contributed by atoms with Crippen LogP contribution in [-0.4, -0.2) is 14.3 Å². The van der Waals surface area contributed by atoms with Crippen molar-refractivity contribution in [1.82, 2.24) is 14.3 Å². The molecule has 0 fully saturated rings. The highest BCUT2D eigenvalue weighted by Crippen LogP contribution is 2.18. The summed E-state index contributed by atoms with van der Waals surface area (Å²) in [7, 11) is 0. The summed E-state index contributed by atoms with van der Waals surface area (Å²) in [6.45, 7) is 1.85. The van der Waals surface area contributed by atoms with Gasteiger partial charge in [-0.3, -0.25) is 0 Å². The van der Waals surface area contributed by atoms with Gasteiger partial charge in [0.1, 0.15) is 11.6 Å². The van der Waals surface area contributed by atoms with Crippen molar-refractivity contribution in [3.63, 3.8) is 0 Å². The van der Waals surface area contributed by atoms with Gasteiger partial charge in [0.2, 0.25) is 5.13 Å². The predicted molar refractivity (Wildman–Crippen MR) is 56.6 cm³/mol. The summed E-state index contributed by atoms with van der Waals surface area (Å²) < 4.78 is 4.06. The molecule has 0 bridgehead atoms.